The highest BCUT2D eigenvalue weighted by molar-refractivity contribution is 5.93. The zero-order valence-corrected chi connectivity index (χ0v) is 15.1. The van der Waals surface area contributed by atoms with E-state index < -0.39 is 11.6 Å². The van der Waals surface area contributed by atoms with E-state index in [2.05, 4.69) is 15.4 Å². The molecule has 1 saturated heterocycles. The molecule has 2 aromatic rings. The number of carbonyl (C=O) groups excluding carboxylic acids is 1. The topological polar surface area (TPSA) is 58.4 Å². The van der Waals surface area contributed by atoms with Crippen LogP contribution in [0.2, 0.25) is 0 Å². The van der Waals surface area contributed by atoms with Gasteiger partial charge in [-0.25, -0.2) is 8.78 Å². The first-order valence-electron chi connectivity index (χ1n) is 9.54. The zero-order valence-electron chi connectivity index (χ0n) is 15.1. The fraction of sp³-hybridized carbons (Fsp3) is 0.500. The van der Waals surface area contributed by atoms with Gasteiger partial charge in [-0.1, -0.05) is 18.0 Å². The minimum Gasteiger partial charge on any atom is -0.355 e. The molecule has 1 N–H and O–H groups in total. The summed E-state index contributed by atoms with van der Waals surface area (Å²) < 4.78 is 31.9. The maximum absolute atomic E-state index is 13.8. The molecule has 1 saturated carbocycles. The highest BCUT2D eigenvalue weighted by atomic mass is 19.1. The second-order valence-electron chi connectivity index (χ2n) is 7.52. The second-order valence-corrected chi connectivity index (χ2v) is 7.52. The van der Waals surface area contributed by atoms with Crippen molar-refractivity contribution in [3.63, 3.8) is 0 Å². The van der Waals surface area contributed by atoms with Crippen LogP contribution in [0.25, 0.3) is 11.3 Å². The predicted octanol–water partition coefficient (Wildman–Crippen LogP) is 3.61. The third-order valence-corrected chi connectivity index (χ3v) is 5.41. The largest absolute Gasteiger partial charge is 0.355 e. The highest BCUT2D eigenvalue weighted by Crippen LogP contribution is 2.32. The number of benzene rings is 1. The van der Waals surface area contributed by atoms with Crippen molar-refractivity contribution >= 4 is 5.91 Å². The summed E-state index contributed by atoms with van der Waals surface area (Å²) in [5.74, 6) is -0.708. The van der Waals surface area contributed by atoms with E-state index in [9.17, 15) is 13.6 Å². The molecule has 2 fully saturated rings. The molecule has 0 atom stereocenters. The van der Waals surface area contributed by atoms with Gasteiger partial charge in [0.1, 0.15) is 11.6 Å². The third-order valence-electron chi connectivity index (χ3n) is 5.41. The van der Waals surface area contributed by atoms with Gasteiger partial charge >= 0.3 is 0 Å². The molecule has 1 aliphatic carbocycles. The van der Waals surface area contributed by atoms with Crippen molar-refractivity contribution in [3.8, 4) is 11.3 Å². The first kappa shape index (κ1) is 18.1. The van der Waals surface area contributed by atoms with Crippen molar-refractivity contribution in [2.24, 2.45) is 5.92 Å². The fourth-order valence-electron chi connectivity index (χ4n) is 3.53. The van der Waals surface area contributed by atoms with Crippen LogP contribution in [0.3, 0.4) is 0 Å². The van der Waals surface area contributed by atoms with Crippen LogP contribution in [-0.2, 0) is 0 Å². The summed E-state index contributed by atoms with van der Waals surface area (Å²) in [5, 5.41) is 6.71. The molecule has 7 heteroatoms. The van der Waals surface area contributed by atoms with Crippen LogP contribution in [0.1, 0.15) is 42.6 Å². The van der Waals surface area contributed by atoms with E-state index in [1.165, 1.54) is 31.4 Å². The normalized spacial score (nSPS) is 18.6. The molecule has 2 aliphatic rings. The van der Waals surface area contributed by atoms with E-state index >= 15 is 0 Å². The van der Waals surface area contributed by atoms with Crippen molar-refractivity contribution in [3.05, 3.63) is 41.6 Å². The maximum atomic E-state index is 13.8. The molecule has 27 heavy (non-hydrogen) atoms. The average molecular weight is 375 g/mol. The molecule has 1 aromatic heterocycles. The Balaban J connectivity index is 1.30. The number of hydrogen-bond donors (Lipinski definition) is 1. The summed E-state index contributed by atoms with van der Waals surface area (Å²) in [5.41, 5.74) is 0.178. The lowest BCUT2D eigenvalue weighted by molar-refractivity contribution is 0.0901. The molecular weight excluding hydrogens is 352 g/mol. The van der Waals surface area contributed by atoms with Crippen molar-refractivity contribution in [1.29, 1.82) is 0 Å². The van der Waals surface area contributed by atoms with E-state index in [0.717, 1.165) is 50.5 Å². The van der Waals surface area contributed by atoms with Crippen molar-refractivity contribution in [2.75, 3.05) is 19.6 Å². The van der Waals surface area contributed by atoms with E-state index in [4.69, 9.17) is 4.52 Å². The summed E-state index contributed by atoms with van der Waals surface area (Å²) in [6.07, 6.45) is 5.88. The molecule has 0 bridgehead atoms. The van der Waals surface area contributed by atoms with Crippen LogP contribution in [-0.4, -0.2) is 41.6 Å². The number of nitrogens with one attached hydrogen (secondary N) is 1. The molecule has 1 amide bonds. The van der Waals surface area contributed by atoms with Gasteiger partial charge < -0.3 is 14.7 Å². The van der Waals surface area contributed by atoms with Gasteiger partial charge in [-0.05, 0) is 43.9 Å². The molecule has 0 unspecified atom stereocenters. The van der Waals surface area contributed by atoms with Crippen LogP contribution in [0, 0.1) is 17.6 Å². The Bertz CT molecular complexity index is 811. The van der Waals surface area contributed by atoms with Crippen molar-refractivity contribution < 1.29 is 18.1 Å². The lowest BCUT2D eigenvalue weighted by Crippen LogP contribution is -2.45. The van der Waals surface area contributed by atoms with Gasteiger partial charge in [-0.15, -0.1) is 0 Å². The number of rotatable bonds is 6. The van der Waals surface area contributed by atoms with E-state index in [-0.39, 0.29) is 29.0 Å². The SMILES string of the molecule is O=C(NC1CCN(CCC2CC2)CC1)c1cc(-c2ccc(F)cc2F)on1. The number of aromatic nitrogens is 1. The number of amides is 1. The number of nitrogens with zero attached hydrogens (tertiary/aromatic N) is 2. The molecule has 1 aromatic carbocycles. The molecule has 2 heterocycles. The Hall–Kier alpha value is -2.28. The Kier molecular flexibility index (Phi) is 5.20. The summed E-state index contributed by atoms with van der Waals surface area (Å²) in [7, 11) is 0. The first-order valence-corrected chi connectivity index (χ1v) is 9.54. The van der Waals surface area contributed by atoms with Crippen LogP contribution < -0.4 is 5.32 Å². The van der Waals surface area contributed by atoms with Gasteiger partial charge in [0.15, 0.2) is 11.5 Å². The molecule has 4 rings (SSSR count). The third kappa shape index (κ3) is 4.53. The summed E-state index contributed by atoms with van der Waals surface area (Å²) in [6.45, 7) is 3.13. The molecule has 144 valence electrons. The number of carbonyl (C=O) groups is 1. The fourth-order valence-corrected chi connectivity index (χ4v) is 3.53. The Morgan fingerprint density at radius 3 is 2.67 bits per heavy atom. The van der Waals surface area contributed by atoms with Gasteiger partial charge in [-0.2, -0.15) is 0 Å². The first-order chi connectivity index (χ1) is 13.1. The van der Waals surface area contributed by atoms with Crippen LogP contribution in [0.5, 0.6) is 0 Å². The van der Waals surface area contributed by atoms with Gasteiger partial charge in [0.2, 0.25) is 0 Å². The molecule has 1 aliphatic heterocycles. The quantitative estimate of drug-likeness (QED) is 0.838. The number of hydrogen-bond acceptors (Lipinski definition) is 4. The monoisotopic (exact) mass is 375 g/mol. The number of likely N-dealkylation sites (tertiary alicyclic amines) is 1. The molecule has 0 radical (unpaired) electrons. The van der Waals surface area contributed by atoms with E-state index in [1.54, 1.807) is 0 Å². The average Bonchev–Trinajstić information content (AvgIpc) is 3.36. The lowest BCUT2D eigenvalue weighted by Gasteiger charge is -2.32. The zero-order chi connectivity index (χ0) is 18.8. The minimum atomic E-state index is -0.753. The molecule has 5 nitrogen and oxygen atoms in total. The van der Waals surface area contributed by atoms with E-state index in [1.807, 2.05) is 0 Å². The predicted molar refractivity (Wildman–Crippen MR) is 96.1 cm³/mol. The summed E-state index contributed by atoms with van der Waals surface area (Å²) >= 11 is 0. The Labute approximate surface area is 156 Å². The standard InChI is InChI=1S/C20H23F2N3O2/c21-14-3-4-16(17(22)11-14)19-12-18(24-27-19)20(26)23-15-6-9-25(10-7-15)8-5-13-1-2-13/h3-4,11-13,15H,1-2,5-10H2,(H,23,26). The highest BCUT2D eigenvalue weighted by Gasteiger charge is 2.25. The van der Waals surface area contributed by atoms with Gasteiger partial charge in [-0.3, -0.25) is 4.79 Å². The molecular formula is C20H23F2N3O2. The Morgan fingerprint density at radius 1 is 1.19 bits per heavy atom. The minimum absolute atomic E-state index is 0.0759. The van der Waals surface area contributed by atoms with Crippen molar-refractivity contribution in [1.82, 2.24) is 15.4 Å². The second kappa shape index (κ2) is 7.76. The molecule has 0 spiro atoms. The smallest absolute Gasteiger partial charge is 0.273 e. The lowest BCUT2D eigenvalue weighted by atomic mass is 10.0. The van der Waals surface area contributed by atoms with Crippen LogP contribution in [0.15, 0.2) is 28.8 Å². The Morgan fingerprint density at radius 2 is 1.96 bits per heavy atom. The van der Waals surface area contributed by atoms with E-state index in [0.29, 0.717) is 0 Å². The van der Waals surface area contributed by atoms with Crippen LogP contribution >= 0.6 is 0 Å². The summed E-state index contributed by atoms with van der Waals surface area (Å²) in [4.78, 5) is 14.9. The maximum Gasteiger partial charge on any atom is 0.273 e. The van der Waals surface area contributed by atoms with Gasteiger partial charge in [0.05, 0.1) is 5.56 Å². The number of piperidine rings is 1. The van der Waals surface area contributed by atoms with Gasteiger partial charge in [0, 0.05) is 31.3 Å². The summed E-state index contributed by atoms with van der Waals surface area (Å²) in [6, 6.07) is 4.67. The van der Waals surface area contributed by atoms with Crippen LogP contribution in [0.4, 0.5) is 8.78 Å². The number of halogens is 2. The van der Waals surface area contributed by atoms with Crippen molar-refractivity contribution in [2.45, 2.75) is 38.1 Å². The van der Waals surface area contributed by atoms with Gasteiger partial charge in [0.25, 0.3) is 5.91 Å².